The standard InChI is InChI=1S/C19H24N4O3S/c20-16-7-9-18(10-8-16)27(25,26)22-12-14-3-5-15(6-4-14)19(24)23-17-2-1-11-21-13-17/h1-6,11,13,16,18,22H,7-10,12,20H2,(H,23,24). The van der Waals surface area contributed by atoms with Crippen molar-refractivity contribution in [1.29, 1.82) is 0 Å². The van der Waals surface area contributed by atoms with Gasteiger partial charge in [0, 0.05) is 24.3 Å². The Morgan fingerprint density at radius 1 is 1.11 bits per heavy atom. The molecule has 3 rings (SSSR count). The number of carbonyl (C=O) groups is 1. The highest BCUT2D eigenvalue weighted by Crippen LogP contribution is 2.22. The van der Waals surface area contributed by atoms with Crippen LogP contribution in [0.15, 0.2) is 48.8 Å². The van der Waals surface area contributed by atoms with Gasteiger partial charge in [-0.25, -0.2) is 13.1 Å². The number of anilines is 1. The Morgan fingerprint density at radius 3 is 2.44 bits per heavy atom. The molecule has 1 heterocycles. The van der Waals surface area contributed by atoms with E-state index < -0.39 is 10.0 Å². The number of nitrogens with two attached hydrogens (primary N) is 1. The lowest BCUT2D eigenvalue weighted by Crippen LogP contribution is -2.39. The molecule has 1 saturated carbocycles. The first-order valence-corrected chi connectivity index (χ1v) is 10.5. The van der Waals surface area contributed by atoms with Crippen LogP contribution in [0.4, 0.5) is 5.69 Å². The third-order valence-corrected chi connectivity index (χ3v) is 6.67. The summed E-state index contributed by atoms with van der Waals surface area (Å²) in [7, 11) is -3.36. The molecule has 0 unspecified atom stereocenters. The number of nitrogens with one attached hydrogen (secondary N) is 2. The van der Waals surface area contributed by atoms with Crippen LogP contribution < -0.4 is 15.8 Å². The van der Waals surface area contributed by atoms with Gasteiger partial charge in [0.05, 0.1) is 17.1 Å². The van der Waals surface area contributed by atoms with E-state index >= 15 is 0 Å². The lowest BCUT2D eigenvalue weighted by molar-refractivity contribution is 0.102. The molecule has 144 valence electrons. The summed E-state index contributed by atoms with van der Waals surface area (Å²) < 4.78 is 27.5. The first-order chi connectivity index (χ1) is 12.9. The molecular formula is C19H24N4O3S. The van der Waals surface area contributed by atoms with Gasteiger partial charge in [-0.05, 0) is 55.5 Å². The molecule has 1 aromatic carbocycles. The van der Waals surface area contributed by atoms with Gasteiger partial charge < -0.3 is 11.1 Å². The molecule has 0 saturated heterocycles. The van der Waals surface area contributed by atoms with Gasteiger partial charge in [-0.3, -0.25) is 9.78 Å². The van der Waals surface area contributed by atoms with E-state index in [1.54, 1.807) is 48.8 Å². The van der Waals surface area contributed by atoms with E-state index in [-0.39, 0.29) is 23.7 Å². The van der Waals surface area contributed by atoms with Crippen LogP contribution in [0.25, 0.3) is 0 Å². The summed E-state index contributed by atoms with van der Waals surface area (Å²) in [5.74, 6) is -0.242. The van der Waals surface area contributed by atoms with Crippen molar-refractivity contribution in [2.45, 2.75) is 43.5 Å². The minimum atomic E-state index is -3.36. The van der Waals surface area contributed by atoms with Crippen LogP contribution in [0.5, 0.6) is 0 Å². The summed E-state index contributed by atoms with van der Waals surface area (Å²) in [6.45, 7) is 0.204. The van der Waals surface area contributed by atoms with E-state index in [9.17, 15) is 13.2 Å². The molecule has 4 N–H and O–H groups in total. The summed E-state index contributed by atoms with van der Waals surface area (Å²) in [6.07, 6.45) is 5.89. The van der Waals surface area contributed by atoms with Crippen LogP contribution in [0.2, 0.25) is 0 Å². The average Bonchev–Trinajstić information content (AvgIpc) is 2.68. The third-order valence-electron chi connectivity index (χ3n) is 4.77. The number of aromatic nitrogens is 1. The molecule has 0 radical (unpaired) electrons. The molecule has 0 bridgehead atoms. The Hall–Kier alpha value is -2.29. The minimum absolute atomic E-state index is 0.113. The number of rotatable bonds is 6. The van der Waals surface area contributed by atoms with E-state index in [2.05, 4.69) is 15.0 Å². The Kier molecular flexibility index (Phi) is 6.20. The average molecular weight is 388 g/mol. The first-order valence-electron chi connectivity index (χ1n) is 8.98. The molecular weight excluding hydrogens is 364 g/mol. The van der Waals surface area contributed by atoms with Crippen LogP contribution in [-0.4, -0.2) is 30.6 Å². The smallest absolute Gasteiger partial charge is 0.255 e. The van der Waals surface area contributed by atoms with Crippen molar-refractivity contribution < 1.29 is 13.2 Å². The second-order valence-corrected chi connectivity index (χ2v) is 8.84. The van der Waals surface area contributed by atoms with Crippen LogP contribution >= 0.6 is 0 Å². The van der Waals surface area contributed by atoms with E-state index in [4.69, 9.17) is 5.73 Å². The number of carbonyl (C=O) groups excluding carboxylic acids is 1. The number of benzene rings is 1. The Morgan fingerprint density at radius 2 is 1.81 bits per heavy atom. The number of hydrogen-bond donors (Lipinski definition) is 3. The molecule has 0 spiro atoms. The van der Waals surface area contributed by atoms with Gasteiger partial charge in [0.25, 0.3) is 5.91 Å². The van der Waals surface area contributed by atoms with E-state index in [0.29, 0.717) is 24.1 Å². The summed E-state index contributed by atoms with van der Waals surface area (Å²) in [5.41, 5.74) is 7.75. The Labute approximate surface area is 159 Å². The molecule has 2 aromatic rings. The summed E-state index contributed by atoms with van der Waals surface area (Å²) in [5, 5.41) is 2.38. The monoisotopic (exact) mass is 388 g/mol. The lowest BCUT2D eigenvalue weighted by Gasteiger charge is -2.26. The first kappa shape index (κ1) is 19.5. The van der Waals surface area contributed by atoms with Crippen molar-refractivity contribution >= 4 is 21.6 Å². The molecule has 1 fully saturated rings. The highest BCUT2D eigenvalue weighted by molar-refractivity contribution is 7.90. The predicted molar refractivity (Wildman–Crippen MR) is 105 cm³/mol. The largest absolute Gasteiger partial charge is 0.328 e. The topological polar surface area (TPSA) is 114 Å². The van der Waals surface area contributed by atoms with Gasteiger partial charge in [-0.15, -0.1) is 0 Å². The third kappa shape index (κ3) is 5.35. The molecule has 0 aliphatic heterocycles. The second kappa shape index (κ2) is 8.60. The van der Waals surface area contributed by atoms with Crippen molar-refractivity contribution in [1.82, 2.24) is 9.71 Å². The van der Waals surface area contributed by atoms with Gasteiger partial charge in [0.2, 0.25) is 10.0 Å². The number of sulfonamides is 1. The van der Waals surface area contributed by atoms with E-state index in [0.717, 1.165) is 18.4 Å². The van der Waals surface area contributed by atoms with Crippen LogP contribution in [0.3, 0.4) is 0 Å². The van der Waals surface area contributed by atoms with Crippen LogP contribution in [0.1, 0.15) is 41.6 Å². The number of nitrogens with zero attached hydrogens (tertiary/aromatic N) is 1. The van der Waals surface area contributed by atoms with Gasteiger partial charge >= 0.3 is 0 Å². The SMILES string of the molecule is NC1CCC(S(=O)(=O)NCc2ccc(C(=O)Nc3cccnc3)cc2)CC1. The second-order valence-electron chi connectivity index (χ2n) is 6.80. The molecule has 7 nitrogen and oxygen atoms in total. The van der Waals surface area contributed by atoms with Crippen molar-refractivity contribution in [2.75, 3.05) is 5.32 Å². The van der Waals surface area contributed by atoms with Crippen molar-refractivity contribution in [3.8, 4) is 0 Å². The van der Waals surface area contributed by atoms with Crippen molar-refractivity contribution in [3.05, 3.63) is 59.9 Å². The highest BCUT2D eigenvalue weighted by Gasteiger charge is 2.29. The van der Waals surface area contributed by atoms with Crippen LogP contribution in [-0.2, 0) is 16.6 Å². The molecule has 1 amide bonds. The van der Waals surface area contributed by atoms with E-state index in [1.165, 1.54) is 0 Å². The fraction of sp³-hybridized carbons (Fsp3) is 0.368. The molecule has 27 heavy (non-hydrogen) atoms. The maximum absolute atomic E-state index is 12.4. The zero-order chi connectivity index (χ0) is 19.3. The number of amides is 1. The van der Waals surface area contributed by atoms with Crippen molar-refractivity contribution in [3.63, 3.8) is 0 Å². The Balaban J connectivity index is 1.55. The van der Waals surface area contributed by atoms with E-state index in [1.807, 2.05) is 0 Å². The van der Waals surface area contributed by atoms with Gasteiger partial charge in [-0.2, -0.15) is 0 Å². The Bertz CT molecular complexity index is 862. The van der Waals surface area contributed by atoms with Gasteiger partial charge in [0.1, 0.15) is 0 Å². The van der Waals surface area contributed by atoms with Crippen LogP contribution in [0, 0.1) is 0 Å². The summed E-state index contributed by atoms with van der Waals surface area (Å²) in [4.78, 5) is 16.2. The van der Waals surface area contributed by atoms with Gasteiger partial charge in [-0.1, -0.05) is 12.1 Å². The number of hydrogen-bond acceptors (Lipinski definition) is 5. The number of pyridine rings is 1. The maximum Gasteiger partial charge on any atom is 0.255 e. The van der Waals surface area contributed by atoms with Crippen molar-refractivity contribution in [2.24, 2.45) is 5.73 Å². The molecule has 1 aliphatic carbocycles. The summed E-state index contributed by atoms with van der Waals surface area (Å²) >= 11 is 0. The normalized spacial score (nSPS) is 20.2. The quantitative estimate of drug-likeness (QED) is 0.700. The fourth-order valence-corrected chi connectivity index (χ4v) is 4.61. The highest BCUT2D eigenvalue weighted by atomic mass is 32.2. The molecule has 0 atom stereocenters. The lowest BCUT2D eigenvalue weighted by atomic mass is 9.96. The molecule has 1 aliphatic rings. The fourth-order valence-electron chi connectivity index (χ4n) is 3.11. The molecule has 8 heteroatoms. The minimum Gasteiger partial charge on any atom is -0.328 e. The maximum atomic E-state index is 12.4. The summed E-state index contributed by atoms with van der Waals surface area (Å²) in [6, 6.07) is 10.5. The zero-order valence-electron chi connectivity index (χ0n) is 15.0. The zero-order valence-corrected chi connectivity index (χ0v) is 15.8. The predicted octanol–water partition coefficient (Wildman–Crippen LogP) is 2.02. The van der Waals surface area contributed by atoms with Gasteiger partial charge in [0.15, 0.2) is 0 Å². The molecule has 1 aromatic heterocycles.